The number of carbonyl (C=O) groups excluding carboxylic acids is 1. The SMILES string of the molecule is CCCCc1ccc(CN(NC(=O)O)C(=O)NC)cc1. The Bertz CT molecular complexity index is 445. The van der Waals surface area contributed by atoms with Gasteiger partial charge < -0.3 is 10.4 Å². The maximum absolute atomic E-state index is 11.5. The van der Waals surface area contributed by atoms with Gasteiger partial charge in [0.05, 0.1) is 6.54 Å². The van der Waals surface area contributed by atoms with E-state index in [1.165, 1.54) is 12.6 Å². The average molecular weight is 279 g/mol. The number of nitrogens with zero attached hydrogens (tertiary/aromatic N) is 1. The van der Waals surface area contributed by atoms with Crippen LogP contribution in [0.25, 0.3) is 0 Å². The number of hydrogen-bond donors (Lipinski definition) is 3. The number of carboxylic acid groups (broad SMARTS) is 1. The summed E-state index contributed by atoms with van der Waals surface area (Å²) in [6.07, 6.45) is 2.05. The molecular formula is C14H21N3O3. The zero-order valence-corrected chi connectivity index (χ0v) is 11.8. The van der Waals surface area contributed by atoms with E-state index in [1.807, 2.05) is 24.3 Å². The molecule has 0 atom stereocenters. The molecule has 3 amide bonds. The van der Waals surface area contributed by atoms with Gasteiger partial charge in [-0.3, -0.25) is 0 Å². The Morgan fingerprint density at radius 2 is 1.80 bits per heavy atom. The second-order valence-corrected chi connectivity index (χ2v) is 4.48. The van der Waals surface area contributed by atoms with Crippen molar-refractivity contribution < 1.29 is 14.7 Å². The van der Waals surface area contributed by atoms with Crippen LogP contribution in [0.2, 0.25) is 0 Å². The Morgan fingerprint density at radius 1 is 1.20 bits per heavy atom. The zero-order valence-electron chi connectivity index (χ0n) is 11.8. The Balaban J connectivity index is 2.68. The highest BCUT2D eigenvalue weighted by Crippen LogP contribution is 2.09. The summed E-state index contributed by atoms with van der Waals surface area (Å²) in [6.45, 7) is 2.33. The molecule has 0 saturated carbocycles. The Morgan fingerprint density at radius 3 is 2.30 bits per heavy atom. The monoisotopic (exact) mass is 279 g/mol. The largest absolute Gasteiger partial charge is 0.464 e. The number of urea groups is 1. The molecule has 3 N–H and O–H groups in total. The van der Waals surface area contributed by atoms with Gasteiger partial charge in [0, 0.05) is 7.05 Å². The highest BCUT2D eigenvalue weighted by Gasteiger charge is 2.14. The van der Waals surface area contributed by atoms with Gasteiger partial charge in [-0.1, -0.05) is 37.6 Å². The zero-order chi connectivity index (χ0) is 15.0. The van der Waals surface area contributed by atoms with Crippen LogP contribution in [0.3, 0.4) is 0 Å². The van der Waals surface area contributed by atoms with E-state index < -0.39 is 12.1 Å². The van der Waals surface area contributed by atoms with E-state index >= 15 is 0 Å². The van der Waals surface area contributed by atoms with E-state index in [1.54, 1.807) is 0 Å². The summed E-state index contributed by atoms with van der Waals surface area (Å²) in [4.78, 5) is 22.2. The lowest BCUT2D eigenvalue weighted by molar-refractivity contribution is 0.140. The van der Waals surface area contributed by atoms with Crippen molar-refractivity contribution in [3.05, 3.63) is 35.4 Å². The Labute approximate surface area is 118 Å². The first-order valence-electron chi connectivity index (χ1n) is 6.63. The molecule has 1 aromatic rings. The lowest BCUT2D eigenvalue weighted by atomic mass is 10.1. The van der Waals surface area contributed by atoms with Crippen molar-refractivity contribution in [1.82, 2.24) is 15.8 Å². The van der Waals surface area contributed by atoms with E-state index in [0.29, 0.717) is 0 Å². The molecule has 0 heterocycles. The predicted octanol–water partition coefficient (Wildman–Crippen LogP) is 2.35. The molecule has 110 valence electrons. The van der Waals surface area contributed by atoms with Crippen LogP contribution in [0.1, 0.15) is 30.9 Å². The standard InChI is InChI=1S/C14H21N3O3/c1-3-4-5-11-6-8-12(9-7-11)10-17(13(18)15-2)16-14(19)20/h6-9,16H,3-5,10H2,1-2H3,(H,15,18)(H,19,20). The quantitative estimate of drug-likeness (QED) is 0.724. The van der Waals surface area contributed by atoms with Crippen LogP contribution in [0.4, 0.5) is 9.59 Å². The third kappa shape index (κ3) is 5.17. The van der Waals surface area contributed by atoms with E-state index in [-0.39, 0.29) is 6.54 Å². The van der Waals surface area contributed by atoms with Crippen molar-refractivity contribution in [2.75, 3.05) is 7.05 Å². The lowest BCUT2D eigenvalue weighted by Crippen LogP contribution is -2.48. The van der Waals surface area contributed by atoms with Gasteiger partial charge in [0.1, 0.15) is 0 Å². The van der Waals surface area contributed by atoms with Gasteiger partial charge >= 0.3 is 12.1 Å². The minimum absolute atomic E-state index is 0.181. The molecular weight excluding hydrogens is 258 g/mol. The summed E-state index contributed by atoms with van der Waals surface area (Å²) in [7, 11) is 1.45. The minimum Gasteiger partial charge on any atom is -0.464 e. The van der Waals surface area contributed by atoms with Gasteiger partial charge in [-0.15, -0.1) is 0 Å². The first-order chi connectivity index (χ1) is 9.56. The van der Waals surface area contributed by atoms with E-state index in [9.17, 15) is 9.59 Å². The number of unbranched alkanes of at least 4 members (excludes halogenated alkanes) is 1. The lowest BCUT2D eigenvalue weighted by Gasteiger charge is -2.21. The number of aryl methyl sites for hydroxylation is 1. The van der Waals surface area contributed by atoms with Crippen molar-refractivity contribution in [3.8, 4) is 0 Å². The first-order valence-corrected chi connectivity index (χ1v) is 6.63. The molecule has 1 aromatic carbocycles. The van der Waals surface area contributed by atoms with E-state index in [4.69, 9.17) is 5.11 Å². The molecule has 6 heteroatoms. The summed E-state index contributed by atoms with van der Waals surface area (Å²) in [5.41, 5.74) is 4.17. The maximum Gasteiger partial charge on any atom is 0.423 e. The summed E-state index contributed by atoms with van der Waals surface area (Å²) < 4.78 is 0. The maximum atomic E-state index is 11.5. The highest BCUT2D eigenvalue weighted by atomic mass is 16.4. The van der Waals surface area contributed by atoms with E-state index in [0.717, 1.165) is 29.8 Å². The molecule has 6 nitrogen and oxygen atoms in total. The van der Waals surface area contributed by atoms with Crippen LogP contribution in [-0.2, 0) is 13.0 Å². The third-order valence-corrected chi connectivity index (χ3v) is 2.87. The van der Waals surface area contributed by atoms with Crippen LogP contribution < -0.4 is 10.7 Å². The second-order valence-electron chi connectivity index (χ2n) is 4.48. The van der Waals surface area contributed by atoms with Gasteiger partial charge in [0.2, 0.25) is 0 Å². The van der Waals surface area contributed by atoms with Crippen LogP contribution >= 0.6 is 0 Å². The number of nitrogens with one attached hydrogen (secondary N) is 2. The summed E-state index contributed by atoms with van der Waals surface area (Å²) in [6, 6.07) is 7.33. The molecule has 0 fully saturated rings. The summed E-state index contributed by atoms with van der Waals surface area (Å²) in [5, 5.41) is 12.1. The Hall–Kier alpha value is -2.24. The van der Waals surface area contributed by atoms with Crippen LogP contribution in [0, 0.1) is 0 Å². The Kier molecular flexibility index (Phi) is 6.36. The predicted molar refractivity (Wildman–Crippen MR) is 76.2 cm³/mol. The van der Waals surface area contributed by atoms with Crippen LogP contribution in [0.15, 0.2) is 24.3 Å². The van der Waals surface area contributed by atoms with Crippen molar-refractivity contribution in [3.63, 3.8) is 0 Å². The van der Waals surface area contributed by atoms with Gasteiger partial charge in [0.15, 0.2) is 0 Å². The molecule has 0 aliphatic rings. The van der Waals surface area contributed by atoms with E-state index in [2.05, 4.69) is 17.7 Å². The molecule has 0 bridgehead atoms. The topological polar surface area (TPSA) is 81.7 Å². The van der Waals surface area contributed by atoms with Crippen molar-refractivity contribution >= 4 is 12.1 Å². The molecule has 0 aromatic heterocycles. The number of rotatable bonds is 5. The number of hydrazine groups is 1. The smallest absolute Gasteiger partial charge is 0.423 e. The molecule has 1 rings (SSSR count). The molecule has 0 saturated heterocycles. The molecule has 0 aliphatic carbocycles. The first kappa shape index (κ1) is 15.8. The fraction of sp³-hybridized carbons (Fsp3) is 0.429. The average Bonchev–Trinajstić information content (AvgIpc) is 2.44. The normalized spacial score (nSPS) is 9.90. The van der Waals surface area contributed by atoms with Gasteiger partial charge in [0.25, 0.3) is 0 Å². The fourth-order valence-electron chi connectivity index (χ4n) is 1.79. The molecule has 0 aliphatic heterocycles. The minimum atomic E-state index is -1.27. The highest BCUT2D eigenvalue weighted by molar-refractivity contribution is 5.76. The number of benzene rings is 1. The summed E-state index contributed by atoms with van der Waals surface area (Å²) >= 11 is 0. The number of amides is 3. The molecule has 0 radical (unpaired) electrons. The van der Waals surface area contributed by atoms with Crippen LogP contribution in [0.5, 0.6) is 0 Å². The van der Waals surface area contributed by atoms with Crippen molar-refractivity contribution in [2.24, 2.45) is 0 Å². The fourth-order valence-corrected chi connectivity index (χ4v) is 1.79. The second kappa shape index (κ2) is 8.04. The van der Waals surface area contributed by atoms with Gasteiger partial charge in [-0.25, -0.2) is 20.0 Å². The van der Waals surface area contributed by atoms with Crippen molar-refractivity contribution in [2.45, 2.75) is 32.7 Å². The number of carbonyl (C=O) groups is 2. The van der Waals surface area contributed by atoms with Crippen LogP contribution in [-0.4, -0.2) is 29.3 Å². The summed E-state index contributed by atoms with van der Waals surface area (Å²) in [5.74, 6) is 0. The van der Waals surface area contributed by atoms with Gasteiger partial charge in [-0.2, -0.15) is 0 Å². The molecule has 20 heavy (non-hydrogen) atoms. The molecule has 0 unspecified atom stereocenters. The van der Waals surface area contributed by atoms with Crippen molar-refractivity contribution in [1.29, 1.82) is 0 Å². The van der Waals surface area contributed by atoms with Gasteiger partial charge in [-0.05, 0) is 24.0 Å². The number of hydrogen-bond acceptors (Lipinski definition) is 2. The molecule has 0 spiro atoms. The third-order valence-electron chi connectivity index (χ3n) is 2.87.